The first kappa shape index (κ1) is 18.1. The molecule has 3 fully saturated rings. The lowest BCUT2D eigenvalue weighted by Gasteiger charge is -2.49. The van der Waals surface area contributed by atoms with Crippen LogP contribution >= 0.6 is 11.3 Å². The maximum Gasteiger partial charge on any atom is 0.299 e. The van der Waals surface area contributed by atoms with Crippen molar-refractivity contribution in [1.29, 1.82) is 0 Å². The Labute approximate surface area is 161 Å². The number of hydrogen-bond donors (Lipinski definition) is 1. The first-order chi connectivity index (χ1) is 13.0. The van der Waals surface area contributed by atoms with E-state index in [2.05, 4.69) is 27.3 Å². The Hall–Kier alpha value is -2.32. The van der Waals surface area contributed by atoms with Crippen molar-refractivity contribution < 1.29 is 14.3 Å². The number of carbonyl (C=O) groups excluding carboxylic acids is 2. The Kier molecular flexibility index (Phi) is 4.92. The summed E-state index contributed by atoms with van der Waals surface area (Å²) in [6.45, 7) is 5.92. The summed E-state index contributed by atoms with van der Waals surface area (Å²) >= 11 is 1.10. The van der Waals surface area contributed by atoms with Crippen molar-refractivity contribution in [3.05, 3.63) is 34.8 Å². The number of piperidine rings is 3. The van der Waals surface area contributed by atoms with E-state index < -0.39 is 0 Å². The molecule has 3 aliphatic rings. The van der Waals surface area contributed by atoms with Crippen LogP contribution in [0.1, 0.15) is 46.8 Å². The Balaban J connectivity index is 1.39. The second kappa shape index (κ2) is 7.36. The first-order valence-corrected chi connectivity index (χ1v) is 10.00. The molecule has 0 saturated carbocycles. The summed E-state index contributed by atoms with van der Waals surface area (Å²) < 4.78 is 5.61. The van der Waals surface area contributed by atoms with Gasteiger partial charge < -0.3 is 10.1 Å². The molecule has 0 radical (unpaired) electrons. The lowest BCUT2D eigenvalue weighted by Crippen LogP contribution is -2.62. The maximum atomic E-state index is 12.7. The predicted molar refractivity (Wildman–Crippen MR) is 101 cm³/mol. The quantitative estimate of drug-likeness (QED) is 0.796. The van der Waals surface area contributed by atoms with Gasteiger partial charge in [-0.2, -0.15) is 0 Å². The standard InChI is InChI=1S/C19H22N4O3S/c1-11-16(13-7-9-23(11)10-8-13)20-17(25)14-3-5-15(6-4-14)26-19-22-21-18(27-19)12(2)24/h3-6,11,13,16H,7-10H2,1-2H3,(H,20,25)/t11-,16-/m0/s1. The largest absolute Gasteiger partial charge is 0.430 e. The van der Waals surface area contributed by atoms with E-state index in [1.54, 1.807) is 24.3 Å². The molecule has 1 aromatic heterocycles. The van der Waals surface area contributed by atoms with E-state index in [0.717, 1.165) is 37.3 Å². The minimum absolute atomic E-state index is 0.0538. The minimum atomic E-state index is -0.142. The summed E-state index contributed by atoms with van der Waals surface area (Å²) in [6.07, 6.45) is 2.32. The van der Waals surface area contributed by atoms with Gasteiger partial charge in [-0.1, -0.05) is 16.4 Å². The van der Waals surface area contributed by atoms with Crippen LogP contribution in [0.3, 0.4) is 0 Å². The molecular formula is C19H22N4O3S. The van der Waals surface area contributed by atoms with Gasteiger partial charge in [0, 0.05) is 24.6 Å². The van der Waals surface area contributed by atoms with E-state index in [0.29, 0.717) is 33.5 Å². The number of ether oxygens (including phenoxy) is 1. The average Bonchev–Trinajstić information content (AvgIpc) is 3.14. The van der Waals surface area contributed by atoms with E-state index in [9.17, 15) is 9.59 Å². The third-order valence-electron chi connectivity index (χ3n) is 5.50. The normalized spacial score (nSPS) is 26.6. The van der Waals surface area contributed by atoms with Gasteiger partial charge in [-0.15, -0.1) is 5.10 Å². The molecule has 2 bridgehead atoms. The molecule has 2 atom stereocenters. The highest BCUT2D eigenvalue weighted by Crippen LogP contribution is 2.32. The van der Waals surface area contributed by atoms with Gasteiger partial charge in [-0.3, -0.25) is 14.5 Å². The number of nitrogens with zero attached hydrogens (tertiary/aromatic N) is 3. The van der Waals surface area contributed by atoms with Gasteiger partial charge in [-0.05, 0) is 63.0 Å². The molecule has 7 nitrogen and oxygen atoms in total. The fourth-order valence-corrected chi connectivity index (χ4v) is 4.56. The number of fused-ring (bicyclic) bond motifs is 3. The van der Waals surface area contributed by atoms with E-state index in [1.165, 1.54) is 6.92 Å². The van der Waals surface area contributed by atoms with Crippen LogP contribution in [0, 0.1) is 5.92 Å². The van der Waals surface area contributed by atoms with Crippen molar-refractivity contribution in [3.63, 3.8) is 0 Å². The van der Waals surface area contributed by atoms with Gasteiger partial charge in [-0.25, -0.2) is 0 Å². The zero-order valence-electron chi connectivity index (χ0n) is 15.3. The molecule has 5 rings (SSSR count). The number of Topliss-reactive ketones (excluding diaryl/α,β-unsaturated/α-hetero) is 1. The topological polar surface area (TPSA) is 84.4 Å². The highest BCUT2D eigenvalue weighted by Gasteiger charge is 2.40. The maximum absolute atomic E-state index is 12.7. The molecule has 3 saturated heterocycles. The van der Waals surface area contributed by atoms with Crippen molar-refractivity contribution in [2.24, 2.45) is 5.92 Å². The highest BCUT2D eigenvalue weighted by molar-refractivity contribution is 7.15. The van der Waals surface area contributed by atoms with Gasteiger partial charge >= 0.3 is 0 Å². The first-order valence-electron chi connectivity index (χ1n) is 9.18. The van der Waals surface area contributed by atoms with Crippen LogP contribution in [0.15, 0.2) is 24.3 Å². The van der Waals surface area contributed by atoms with Crippen LogP contribution in [0.2, 0.25) is 0 Å². The summed E-state index contributed by atoms with van der Waals surface area (Å²) in [5, 5.41) is 11.5. The van der Waals surface area contributed by atoms with Gasteiger partial charge in [0.15, 0.2) is 10.8 Å². The van der Waals surface area contributed by atoms with Crippen molar-refractivity contribution in [3.8, 4) is 10.9 Å². The molecule has 142 valence electrons. The van der Waals surface area contributed by atoms with E-state index in [1.807, 2.05) is 0 Å². The number of nitrogens with one attached hydrogen (secondary N) is 1. The number of amides is 1. The van der Waals surface area contributed by atoms with E-state index in [4.69, 9.17) is 4.74 Å². The lowest BCUT2D eigenvalue weighted by molar-refractivity contribution is 0.0217. The molecule has 3 aliphatic heterocycles. The van der Waals surface area contributed by atoms with Crippen molar-refractivity contribution >= 4 is 23.0 Å². The van der Waals surface area contributed by atoms with Crippen LogP contribution in [0.5, 0.6) is 10.9 Å². The molecule has 2 aromatic rings. The van der Waals surface area contributed by atoms with Crippen molar-refractivity contribution in [2.75, 3.05) is 13.1 Å². The van der Waals surface area contributed by atoms with Crippen LogP contribution in [-0.2, 0) is 0 Å². The Morgan fingerprint density at radius 2 is 1.89 bits per heavy atom. The molecule has 0 aliphatic carbocycles. The number of rotatable bonds is 5. The number of ketones is 1. The third kappa shape index (κ3) is 3.72. The van der Waals surface area contributed by atoms with Crippen molar-refractivity contribution in [1.82, 2.24) is 20.4 Å². The zero-order chi connectivity index (χ0) is 19.0. The monoisotopic (exact) mass is 386 g/mol. The molecule has 27 heavy (non-hydrogen) atoms. The Morgan fingerprint density at radius 1 is 1.19 bits per heavy atom. The minimum Gasteiger partial charge on any atom is -0.430 e. The van der Waals surface area contributed by atoms with Gasteiger partial charge in [0.05, 0.1) is 0 Å². The number of hydrogen-bond acceptors (Lipinski definition) is 7. The summed E-state index contributed by atoms with van der Waals surface area (Å²) in [5.74, 6) is 0.928. The van der Waals surface area contributed by atoms with Gasteiger partial charge in [0.2, 0.25) is 0 Å². The van der Waals surface area contributed by atoms with E-state index >= 15 is 0 Å². The molecule has 0 spiro atoms. The zero-order valence-corrected chi connectivity index (χ0v) is 16.2. The Morgan fingerprint density at radius 3 is 2.48 bits per heavy atom. The SMILES string of the molecule is CC(=O)c1nnc(Oc2ccc(C(=O)N[C@@H]3C4CCN(CC4)[C@H]3C)cc2)s1. The fraction of sp³-hybridized carbons (Fsp3) is 0.474. The Bertz CT molecular complexity index is 841. The highest BCUT2D eigenvalue weighted by atomic mass is 32.1. The van der Waals surface area contributed by atoms with Crippen LogP contribution < -0.4 is 10.1 Å². The number of carbonyl (C=O) groups is 2. The molecule has 1 amide bonds. The average molecular weight is 386 g/mol. The van der Waals surface area contributed by atoms with Gasteiger partial charge in [0.1, 0.15) is 5.75 Å². The summed E-state index contributed by atoms with van der Waals surface area (Å²) in [5.41, 5.74) is 0.604. The van der Waals surface area contributed by atoms with Gasteiger partial charge in [0.25, 0.3) is 11.1 Å². The molecular weight excluding hydrogens is 364 g/mol. The lowest BCUT2D eigenvalue weighted by atomic mass is 9.79. The smallest absolute Gasteiger partial charge is 0.299 e. The van der Waals surface area contributed by atoms with Crippen LogP contribution in [0.4, 0.5) is 0 Å². The predicted octanol–water partition coefficient (Wildman–Crippen LogP) is 2.75. The molecule has 4 heterocycles. The molecule has 0 unspecified atom stereocenters. The second-order valence-electron chi connectivity index (χ2n) is 7.17. The number of aromatic nitrogens is 2. The fourth-order valence-electron chi connectivity index (χ4n) is 3.95. The van der Waals surface area contributed by atoms with Crippen LogP contribution in [-0.4, -0.2) is 52.0 Å². The van der Waals surface area contributed by atoms with E-state index in [-0.39, 0.29) is 17.7 Å². The second-order valence-corrected chi connectivity index (χ2v) is 8.11. The molecule has 1 aromatic carbocycles. The number of benzene rings is 1. The summed E-state index contributed by atoms with van der Waals surface area (Å²) in [6, 6.07) is 7.53. The van der Waals surface area contributed by atoms with Crippen molar-refractivity contribution in [2.45, 2.75) is 38.8 Å². The molecule has 1 N–H and O–H groups in total. The third-order valence-corrected chi connectivity index (χ3v) is 6.41. The van der Waals surface area contributed by atoms with Crippen LogP contribution in [0.25, 0.3) is 0 Å². The summed E-state index contributed by atoms with van der Waals surface area (Å²) in [7, 11) is 0. The summed E-state index contributed by atoms with van der Waals surface area (Å²) in [4.78, 5) is 26.4. The molecule has 8 heteroatoms.